The molecular weight excluding hydrogens is 849 g/mol. The van der Waals surface area contributed by atoms with E-state index in [9.17, 15) is 9.59 Å². The summed E-state index contributed by atoms with van der Waals surface area (Å²) in [7, 11) is 0. The molecule has 69 heavy (non-hydrogen) atoms. The molecule has 0 heterocycles. The maximum atomic E-state index is 9.43. The minimum absolute atomic E-state index is 0.645. The Morgan fingerprint density at radius 1 is 0.333 bits per heavy atom. The van der Waals surface area contributed by atoms with Crippen LogP contribution in [0.4, 0.5) is 0 Å². The molecule has 0 aliphatic carbocycles. The Bertz CT molecular complexity index is 1090. The highest BCUT2D eigenvalue weighted by atomic mass is 16.4. The highest BCUT2D eigenvalue weighted by Gasteiger charge is 2.22. The number of hydrogen-bond acceptors (Lipinski definition) is 4. The van der Waals surface area contributed by atoms with Crippen molar-refractivity contribution < 1.29 is 19.8 Å². The third-order valence-corrected chi connectivity index (χ3v) is 15.2. The van der Waals surface area contributed by atoms with Crippen molar-refractivity contribution in [3.8, 4) is 0 Å². The highest BCUT2D eigenvalue weighted by Crippen LogP contribution is 2.25. The Balaban J connectivity index is 0.00000609. The summed E-state index contributed by atoms with van der Waals surface area (Å²) in [5.74, 6) is -2.62. The van der Waals surface area contributed by atoms with Crippen LogP contribution in [0, 0.1) is 0 Å². The lowest BCUT2D eigenvalue weighted by Crippen LogP contribution is -2.40. The van der Waals surface area contributed by atoms with Gasteiger partial charge in [-0.2, -0.15) is 0 Å². The average molecular weight is 970 g/mol. The first kappa shape index (κ1) is 67.1. The molecule has 4 unspecified atom stereocenters. The van der Waals surface area contributed by atoms with Gasteiger partial charge in [0.1, 0.15) is 6.42 Å². The van der Waals surface area contributed by atoms with Crippen molar-refractivity contribution in [1.29, 1.82) is 0 Å². The van der Waals surface area contributed by atoms with Crippen LogP contribution in [0.3, 0.4) is 0 Å². The standard InChI is InChI=1S/C60H116N2.C3H4O4/c1-9-13-17-21-25-29-33-37-41-45-55(5)61(56(6)46-42-38-34-30-26-22-18-14-10-2)53-59-49-51-60(52-50-59)54-62(57(7)47-43-39-35-31-27-23-19-15-11-3)58(8)48-44-40-36-32-28-24-20-16-12-4;4-2(5)1-3(6)7/h49-52,55-58H,9-48,53-54H2,1-8H3;1H2,(H,4,5)(H,6,7). The topological polar surface area (TPSA) is 81.1 Å². The van der Waals surface area contributed by atoms with Gasteiger partial charge in [0.25, 0.3) is 0 Å². The van der Waals surface area contributed by atoms with Crippen molar-refractivity contribution in [2.24, 2.45) is 0 Å². The molecule has 0 aliphatic rings. The smallest absolute Gasteiger partial charge is 0.314 e. The zero-order valence-corrected chi connectivity index (χ0v) is 47.6. The number of hydrogen-bond donors (Lipinski definition) is 2. The number of carboxylic acid groups (broad SMARTS) is 2. The molecule has 0 radical (unpaired) electrons. The van der Waals surface area contributed by atoms with Gasteiger partial charge in [0.05, 0.1) is 0 Å². The summed E-state index contributed by atoms with van der Waals surface area (Å²) in [6.07, 6.45) is 55.7. The van der Waals surface area contributed by atoms with E-state index in [4.69, 9.17) is 10.2 Å². The minimum atomic E-state index is -1.31. The molecule has 6 heteroatoms. The Kier molecular flexibility index (Phi) is 48.3. The molecule has 6 nitrogen and oxygen atoms in total. The van der Waals surface area contributed by atoms with E-state index in [1.165, 1.54) is 268 Å². The maximum Gasteiger partial charge on any atom is 0.314 e. The Morgan fingerprint density at radius 3 is 0.667 bits per heavy atom. The molecule has 0 saturated carbocycles. The lowest BCUT2D eigenvalue weighted by atomic mass is 9.99. The van der Waals surface area contributed by atoms with Crippen LogP contribution in [0.25, 0.3) is 0 Å². The summed E-state index contributed by atoms with van der Waals surface area (Å²) in [4.78, 5) is 24.7. The normalized spacial score (nSPS) is 13.4. The molecule has 0 saturated heterocycles. The van der Waals surface area contributed by atoms with Crippen molar-refractivity contribution >= 4 is 11.9 Å². The van der Waals surface area contributed by atoms with E-state index in [0.29, 0.717) is 24.2 Å². The fourth-order valence-electron chi connectivity index (χ4n) is 10.5. The number of carboxylic acids is 2. The van der Waals surface area contributed by atoms with Crippen LogP contribution in [0.1, 0.15) is 330 Å². The number of carbonyl (C=O) groups is 2. The third-order valence-electron chi connectivity index (χ3n) is 15.2. The summed E-state index contributed by atoms with van der Waals surface area (Å²) in [5, 5.41) is 15.4. The monoisotopic (exact) mass is 969 g/mol. The van der Waals surface area contributed by atoms with Crippen LogP contribution >= 0.6 is 0 Å². The van der Waals surface area contributed by atoms with E-state index in [1.54, 1.807) is 0 Å². The van der Waals surface area contributed by atoms with Crippen molar-refractivity contribution in [3.63, 3.8) is 0 Å². The van der Waals surface area contributed by atoms with Crippen molar-refractivity contribution in [1.82, 2.24) is 9.80 Å². The summed E-state index contributed by atoms with van der Waals surface area (Å²) >= 11 is 0. The molecule has 0 bridgehead atoms. The molecule has 0 fully saturated rings. The van der Waals surface area contributed by atoms with Crippen LogP contribution in [0.5, 0.6) is 0 Å². The van der Waals surface area contributed by atoms with Crippen LogP contribution in [0.15, 0.2) is 24.3 Å². The number of rotatable bonds is 50. The minimum Gasteiger partial charge on any atom is -0.481 e. The van der Waals surface area contributed by atoms with Gasteiger partial charge < -0.3 is 10.2 Å². The maximum absolute atomic E-state index is 9.43. The first-order valence-electron chi connectivity index (χ1n) is 30.5. The lowest BCUT2D eigenvalue weighted by molar-refractivity contribution is -0.147. The molecule has 0 amide bonds. The second-order valence-electron chi connectivity index (χ2n) is 22.0. The van der Waals surface area contributed by atoms with E-state index in [2.05, 4.69) is 89.5 Å². The van der Waals surface area contributed by atoms with Gasteiger partial charge in [-0.15, -0.1) is 0 Å². The van der Waals surface area contributed by atoms with E-state index >= 15 is 0 Å². The molecule has 0 aliphatic heterocycles. The molecular formula is C63H120N2O4. The van der Waals surface area contributed by atoms with Gasteiger partial charge >= 0.3 is 11.9 Å². The molecule has 1 aromatic carbocycles. The van der Waals surface area contributed by atoms with Crippen molar-refractivity contribution in [3.05, 3.63) is 35.4 Å². The largest absolute Gasteiger partial charge is 0.481 e. The highest BCUT2D eigenvalue weighted by molar-refractivity contribution is 5.88. The molecule has 406 valence electrons. The number of aliphatic carboxylic acids is 2. The van der Waals surface area contributed by atoms with Gasteiger partial charge in [-0.05, 0) is 64.5 Å². The SMILES string of the molecule is CCCCCCCCCCCC(C)N(Cc1ccc(CN(C(C)CCCCCCCCCCC)C(C)CCCCCCCCCCC)cc1)C(C)CCCCCCCCCCC.O=C(O)CC(=O)O. The predicted molar refractivity (Wildman–Crippen MR) is 303 cm³/mol. The zero-order chi connectivity index (χ0) is 51.0. The third kappa shape index (κ3) is 42.3. The summed E-state index contributed by atoms with van der Waals surface area (Å²) < 4.78 is 0. The quantitative estimate of drug-likeness (QED) is 0.0500. The van der Waals surface area contributed by atoms with Crippen LogP contribution < -0.4 is 0 Å². The van der Waals surface area contributed by atoms with Crippen molar-refractivity contribution in [2.75, 3.05) is 0 Å². The molecule has 0 aromatic heterocycles. The summed E-state index contributed by atoms with van der Waals surface area (Å²) in [5.41, 5.74) is 3.03. The fraction of sp³-hybridized carbons (Fsp3) is 0.873. The Labute approximate surface area is 431 Å². The lowest BCUT2D eigenvalue weighted by Gasteiger charge is -2.36. The second kappa shape index (κ2) is 49.6. The van der Waals surface area contributed by atoms with Gasteiger partial charge in [-0.1, -0.05) is 283 Å². The van der Waals surface area contributed by atoms with Crippen molar-refractivity contribution in [2.45, 2.75) is 356 Å². The number of unbranched alkanes of at least 4 members (excludes halogenated alkanes) is 32. The Morgan fingerprint density at radius 2 is 0.507 bits per heavy atom. The number of benzene rings is 1. The van der Waals surface area contributed by atoms with E-state index in [1.807, 2.05) is 0 Å². The van der Waals surface area contributed by atoms with E-state index in [-0.39, 0.29) is 0 Å². The van der Waals surface area contributed by atoms with Crippen LogP contribution in [-0.2, 0) is 22.7 Å². The molecule has 4 atom stereocenters. The van der Waals surface area contributed by atoms with Crippen LogP contribution in [0.2, 0.25) is 0 Å². The summed E-state index contributed by atoms with van der Waals surface area (Å²) in [6.45, 7) is 21.7. The van der Waals surface area contributed by atoms with Gasteiger partial charge in [0.15, 0.2) is 0 Å². The van der Waals surface area contributed by atoms with Gasteiger partial charge in [-0.25, -0.2) is 0 Å². The summed E-state index contributed by atoms with van der Waals surface area (Å²) in [6, 6.07) is 12.6. The van der Waals surface area contributed by atoms with E-state index < -0.39 is 18.4 Å². The fourth-order valence-corrected chi connectivity index (χ4v) is 10.5. The van der Waals surface area contributed by atoms with E-state index in [0.717, 1.165) is 13.1 Å². The van der Waals surface area contributed by atoms with Gasteiger partial charge in [-0.3, -0.25) is 19.4 Å². The number of nitrogens with zero attached hydrogens (tertiary/aromatic N) is 2. The molecule has 1 aromatic rings. The van der Waals surface area contributed by atoms with Gasteiger partial charge in [0, 0.05) is 37.3 Å². The molecule has 0 spiro atoms. The molecule has 1 rings (SSSR count). The Hall–Kier alpha value is -1.92. The average Bonchev–Trinajstić information content (AvgIpc) is 3.32. The van der Waals surface area contributed by atoms with Gasteiger partial charge in [0.2, 0.25) is 0 Å². The zero-order valence-electron chi connectivity index (χ0n) is 47.6. The second-order valence-corrected chi connectivity index (χ2v) is 22.0. The first-order chi connectivity index (χ1) is 33.5. The van der Waals surface area contributed by atoms with Crippen LogP contribution in [-0.4, -0.2) is 56.1 Å². The predicted octanol–water partition coefficient (Wildman–Crippen LogP) is 20.1. The molecule has 2 N–H and O–H groups in total. The first-order valence-corrected chi connectivity index (χ1v) is 30.5.